The summed E-state index contributed by atoms with van der Waals surface area (Å²) in [5, 5.41) is 2.62. The second-order valence-electron chi connectivity index (χ2n) is 6.26. The van der Waals surface area contributed by atoms with Gasteiger partial charge in [0.2, 0.25) is 0 Å². The van der Waals surface area contributed by atoms with E-state index in [0.717, 1.165) is 11.3 Å². The van der Waals surface area contributed by atoms with E-state index in [1.54, 1.807) is 0 Å². The number of aromatic amines is 1. The molecule has 0 spiro atoms. The number of nitrogen functional groups attached to an aromatic ring is 1. The summed E-state index contributed by atoms with van der Waals surface area (Å²) in [5.74, 6) is 0. The van der Waals surface area contributed by atoms with Crippen LogP contribution < -0.4 is 5.73 Å². The summed E-state index contributed by atoms with van der Waals surface area (Å²) in [6.07, 6.45) is 0. The summed E-state index contributed by atoms with van der Waals surface area (Å²) < 4.78 is 0. The van der Waals surface area contributed by atoms with E-state index in [1.807, 2.05) is 12.1 Å². The van der Waals surface area contributed by atoms with Crippen LogP contribution in [0.4, 0.5) is 5.69 Å². The van der Waals surface area contributed by atoms with Crippen molar-refractivity contribution in [3.8, 4) is 11.1 Å². The third-order valence-corrected chi connectivity index (χ3v) is 5.00. The fourth-order valence-electron chi connectivity index (χ4n) is 3.72. The van der Waals surface area contributed by atoms with Gasteiger partial charge in [-0.3, -0.25) is 0 Å². The first-order chi connectivity index (χ1) is 11.1. The number of fused-ring (bicyclic) bond motifs is 3. The lowest BCUT2D eigenvalue weighted by atomic mass is 9.89. The summed E-state index contributed by atoms with van der Waals surface area (Å²) in [5.41, 5.74) is 15.7. The Morgan fingerprint density at radius 1 is 0.783 bits per heavy atom. The highest BCUT2D eigenvalue weighted by Crippen LogP contribution is 2.40. The molecule has 23 heavy (non-hydrogen) atoms. The highest BCUT2D eigenvalue weighted by molar-refractivity contribution is 6.12. The van der Waals surface area contributed by atoms with Crippen molar-refractivity contribution in [3.05, 3.63) is 65.2 Å². The van der Waals surface area contributed by atoms with E-state index in [-0.39, 0.29) is 0 Å². The lowest BCUT2D eigenvalue weighted by Crippen LogP contribution is -1.97. The molecular weight excluding hydrogens is 280 g/mol. The number of aryl methyl sites for hydroxylation is 2. The first-order valence-corrected chi connectivity index (χ1v) is 7.94. The first kappa shape index (κ1) is 13.9. The summed E-state index contributed by atoms with van der Waals surface area (Å²) in [6, 6.07) is 16.6. The van der Waals surface area contributed by atoms with Crippen molar-refractivity contribution in [1.82, 2.24) is 4.98 Å². The number of rotatable bonds is 1. The number of nitrogens with two attached hydrogens (primary N) is 1. The number of H-pyrrole nitrogens is 1. The van der Waals surface area contributed by atoms with Crippen molar-refractivity contribution >= 4 is 27.5 Å². The molecule has 0 aliphatic carbocycles. The van der Waals surface area contributed by atoms with Crippen LogP contribution in [0.3, 0.4) is 0 Å². The molecule has 0 atom stereocenters. The van der Waals surface area contributed by atoms with E-state index in [9.17, 15) is 0 Å². The number of hydrogen-bond acceptors (Lipinski definition) is 1. The largest absolute Gasteiger partial charge is 0.398 e. The Labute approximate surface area is 135 Å². The Kier molecular flexibility index (Phi) is 2.95. The van der Waals surface area contributed by atoms with Gasteiger partial charge < -0.3 is 10.7 Å². The normalized spacial score (nSPS) is 11.4. The maximum Gasteiger partial charge on any atom is 0.0503 e. The maximum absolute atomic E-state index is 6.25. The van der Waals surface area contributed by atoms with Crippen LogP contribution in [0.2, 0.25) is 0 Å². The molecule has 2 heteroatoms. The first-order valence-electron chi connectivity index (χ1n) is 7.94. The van der Waals surface area contributed by atoms with Crippen LogP contribution in [0.15, 0.2) is 48.5 Å². The van der Waals surface area contributed by atoms with Gasteiger partial charge >= 0.3 is 0 Å². The van der Waals surface area contributed by atoms with E-state index >= 15 is 0 Å². The molecule has 0 radical (unpaired) electrons. The number of nitrogens with one attached hydrogen (secondary N) is 1. The fourth-order valence-corrected chi connectivity index (χ4v) is 3.72. The van der Waals surface area contributed by atoms with Crippen LogP contribution in [0.25, 0.3) is 32.9 Å². The summed E-state index contributed by atoms with van der Waals surface area (Å²) in [6.45, 7) is 6.59. The zero-order chi connectivity index (χ0) is 16.1. The minimum absolute atomic E-state index is 0.827. The molecule has 3 aromatic carbocycles. The molecule has 1 heterocycles. The Morgan fingerprint density at radius 2 is 1.48 bits per heavy atom. The second kappa shape index (κ2) is 4.88. The zero-order valence-electron chi connectivity index (χ0n) is 13.7. The van der Waals surface area contributed by atoms with Crippen molar-refractivity contribution in [2.24, 2.45) is 0 Å². The molecule has 4 rings (SSSR count). The number of para-hydroxylation sites is 2. The Balaban J connectivity index is 2.20. The van der Waals surface area contributed by atoms with E-state index in [4.69, 9.17) is 5.73 Å². The molecule has 0 saturated heterocycles. The highest BCUT2D eigenvalue weighted by atomic mass is 14.7. The molecular formula is C21H20N2. The van der Waals surface area contributed by atoms with Crippen LogP contribution in [-0.4, -0.2) is 4.98 Å². The predicted molar refractivity (Wildman–Crippen MR) is 99.9 cm³/mol. The van der Waals surface area contributed by atoms with E-state index in [1.165, 1.54) is 44.1 Å². The molecule has 4 aromatic rings. The van der Waals surface area contributed by atoms with Crippen LogP contribution in [0.1, 0.15) is 16.7 Å². The Hall–Kier alpha value is -2.74. The van der Waals surface area contributed by atoms with Crippen LogP contribution in [-0.2, 0) is 0 Å². The summed E-state index contributed by atoms with van der Waals surface area (Å²) >= 11 is 0. The lowest BCUT2D eigenvalue weighted by Gasteiger charge is -2.16. The number of aromatic nitrogens is 1. The lowest BCUT2D eigenvalue weighted by molar-refractivity contribution is 1.33. The van der Waals surface area contributed by atoms with Gasteiger partial charge in [0, 0.05) is 27.5 Å². The highest BCUT2D eigenvalue weighted by Gasteiger charge is 2.18. The van der Waals surface area contributed by atoms with Crippen molar-refractivity contribution in [2.75, 3.05) is 5.73 Å². The predicted octanol–water partition coefficient (Wildman–Crippen LogP) is 5.50. The smallest absolute Gasteiger partial charge is 0.0503 e. The molecule has 0 bridgehead atoms. The van der Waals surface area contributed by atoms with Gasteiger partial charge in [-0.05, 0) is 55.2 Å². The van der Waals surface area contributed by atoms with Crippen molar-refractivity contribution < 1.29 is 0 Å². The minimum Gasteiger partial charge on any atom is -0.398 e. The number of hydrogen-bond donors (Lipinski definition) is 2. The second-order valence-corrected chi connectivity index (χ2v) is 6.26. The van der Waals surface area contributed by atoms with Gasteiger partial charge in [-0.1, -0.05) is 36.4 Å². The standard InChI is InChI=1S/C21H20N2/c1-12-13(2)20-16-9-5-7-11-18(16)23-21(20)14(3)19(12)15-8-4-6-10-17(15)22/h4-11,23H,22H2,1-3H3. The molecule has 0 fully saturated rings. The molecule has 0 saturated carbocycles. The monoisotopic (exact) mass is 300 g/mol. The third-order valence-electron chi connectivity index (χ3n) is 5.00. The van der Waals surface area contributed by atoms with Gasteiger partial charge in [0.15, 0.2) is 0 Å². The fraction of sp³-hybridized carbons (Fsp3) is 0.143. The van der Waals surface area contributed by atoms with Gasteiger partial charge in [0.25, 0.3) is 0 Å². The Morgan fingerprint density at radius 3 is 2.26 bits per heavy atom. The topological polar surface area (TPSA) is 41.8 Å². The molecule has 3 N–H and O–H groups in total. The minimum atomic E-state index is 0.827. The zero-order valence-corrected chi connectivity index (χ0v) is 13.7. The third kappa shape index (κ3) is 1.88. The average Bonchev–Trinajstić information content (AvgIpc) is 2.94. The van der Waals surface area contributed by atoms with E-state index < -0.39 is 0 Å². The average molecular weight is 300 g/mol. The van der Waals surface area contributed by atoms with Crippen molar-refractivity contribution in [1.29, 1.82) is 0 Å². The van der Waals surface area contributed by atoms with E-state index in [2.05, 4.69) is 62.2 Å². The molecule has 0 aliphatic heterocycles. The van der Waals surface area contributed by atoms with Crippen molar-refractivity contribution in [2.45, 2.75) is 20.8 Å². The van der Waals surface area contributed by atoms with Gasteiger partial charge in [-0.15, -0.1) is 0 Å². The van der Waals surface area contributed by atoms with E-state index in [0.29, 0.717) is 0 Å². The van der Waals surface area contributed by atoms with Gasteiger partial charge in [-0.25, -0.2) is 0 Å². The quantitative estimate of drug-likeness (QED) is 0.448. The van der Waals surface area contributed by atoms with Gasteiger partial charge in [-0.2, -0.15) is 0 Å². The van der Waals surface area contributed by atoms with Crippen LogP contribution in [0.5, 0.6) is 0 Å². The van der Waals surface area contributed by atoms with Crippen LogP contribution in [0, 0.1) is 20.8 Å². The van der Waals surface area contributed by atoms with Gasteiger partial charge in [0.1, 0.15) is 0 Å². The number of anilines is 1. The molecule has 0 amide bonds. The maximum atomic E-state index is 6.25. The van der Waals surface area contributed by atoms with Crippen LogP contribution >= 0.6 is 0 Å². The SMILES string of the molecule is Cc1c(-c2ccccc2N)c(C)c2[nH]c3ccccc3c2c1C. The Bertz CT molecular complexity index is 1050. The summed E-state index contributed by atoms with van der Waals surface area (Å²) in [4.78, 5) is 3.60. The molecule has 0 unspecified atom stereocenters. The van der Waals surface area contributed by atoms with Gasteiger partial charge in [0.05, 0.1) is 5.52 Å². The summed E-state index contributed by atoms with van der Waals surface area (Å²) in [7, 11) is 0. The molecule has 114 valence electrons. The molecule has 1 aromatic heterocycles. The van der Waals surface area contributed by atoms with Crippen molar-refractivity contribution in [3.63, 3.8) is 0 Å². The molecule has 2 nitrogen and oxygen atoms in total. The molecule has 0 aliphatic rings. The number of benzene rings is 3.